The highest BCUT2D eigenvalue weighted by Gasteiger charge is 2.87. The smallest absolute Gasteiger partial charge is 0.338 e. The molecule has 6 heterocycles. The molecule has 6 saturated heterocycles. The Balaban J connectivity index is 0.824. The lowest BCUT2D eigenvalue weighted by Gasteiger charge is -2.75. The van der Waals surface area contributed by atoms with Crippen molar-refractivity contribution in [2.75, 3.05) is 13.2 Å². The predicted octanol–water partition coefficient (Wildman–Crippen LogP) is -0.419. The molecule has 13 rings (SSSR count). The number of carbonyl (C=O) groups is 4. The van der Waals surface area contributed by atoms with Gasteiger partial charge in [-0.05, 0) is 117 Å². The molecular weight excluding hydrogens is 1460 g/mol. The number of fused-ring (bicyclic) bond motifs is 4. The van der Waals surface area contributed by atoms with Crippen LogP contribution in [0.4, 0.5) is 0 Å². The minimum atomic E-state index is -2.39. The molecule has 0 aromatic heterocycles. The van der Waals surface area contributed by atoms with Crippen LogP contribution in [-0.4, -0.2) is 304 Å². The van der Waals surface area contributed by atoms with Crippen molar-refractivity contribution >= 4 is 30.0 Å². The van der Waals surface area contributed by atoms with Gasteiger partial charge in [-0.1, -0.05) is 97.0 Å². The Bertz CT molecular complexity index is 3650. The maximum Gasteiger partial charge on any atom is 0.338 e. The molecule has 38 atom stereocenters. The average Bonchev–Trinajstić information content (AvgIpc) is 1.52. The highest BCUT2D eigenvalue weighted by molar-refractivity contribution is 5.90. The molecule has 5 aliphatic carbocycles. The molecule has 33 heteroatoms. The van der Waals surface area contributed by atoms with Gasteiger partial charge < -0.3 is 143 Å². The molecular formula is C78H110O33. The molecule has 15 N–H and O–H groups in total. The number of benzene rings is 2. The number of rotatable bonds is 19. The number of hydrogen-bond donors (Lipinski definition) is 15. The number of aliphatic hydroxyl groups is 14. The summed E-state index contributed by atoms with van der Waals surface area (Å²) in [6.45, 7) is 16.4. The molecule has 33 nitrogen and oxygen atoms in total. The Morgan fingerprint density at radius 1 is 0.495 bits per heavy atom. The van der Waals surface area contributed by atoms with E-state index >= 15 is 0 Å². The van der Waals surface area contributed by atoms with Gasteiger partial charge in [0.25, 0.3) is 0 Å². The summed E-state index contributed by atoms with van der Waals surface area (Å²) in [6, 6.07) is 17.4. The van der Waals surface area contributed by atoms with E-state index in [1.807, 2.05) is 45.9 Å². The molecule has 620 valence electrons. The Morgan fingerprint density at radius 2 is 1.02 bits per heavy atom. The fourth-order valence-electron chi connectivity index (χ4n) is 21.9. The van der Waals surface area contributed by atoms with Gasteiger partial charge in [-0.3, -0.25) is 4.79 Å². The fraction of sp³-hybridized carbons (Fsp3) is 0.769. The number of carboxylic acid groups (broad SMARTS) is 1. The normalized spacial score (nSPS) is 49.2. The van der Waals surface area contributed by atoms with Crippen LogP contribution in [0.5, 0.6) is 0 Å². The Labute approximate surface area is 641 Å². The van der Waals surface area contributed by atoms with Crippen LogP contribution in [0, 0.1) is 50.2 Å². The molecule has 1 spiro atoms. The topological polar surface area (TPSA) is 501 Å². The first kappa shape index (κ1) is 84.0. The molecule has 0 amide bonds. The lowest BCUT2D eigenvalue weighted by Crippen LogP contribution is -2.77. The number of hydrogen-bond acceptors (Lipinski definition) is 32. The summed E-state index contributed by atoms with van der Waals surface area (Å²) in [7, 11) is 0. The van der Waals surface area contributed by atoms with Crippen molar-refractivity contribution in [2.24, 2.45) is 50.2 Å². The van der Waals surface area contributed by atoms with Gasteiger partial charge in [0.05, 0.1) is 42.7 Å². The number of aliphatic hydroxyl groups excluding tert-OH is 14. The second kappa shape index (κ2) is 31.5. The molecule has 6 aliphatic heterocycles. The summed E-state index contributed by atoms with van der Waals surface area (Å²) in [6.07, 6.45) is -49.5. The lowest BCUT2D eigenvalue weighted by molar-refractivity contribution is -0.412. The summed E-state index contributed by atoms with van der Waals surface area (Å²) in [5.74, 6) is -5.09. The van der Waals surface area contributed by atoms with Gasteiger partial charge in [0.1, 0.15) is 121 Å². The van der Waals surface area contributed by atoms with Crippen molar-refractivity contribution in [1.29, 1.82) is 0 Å². The van der Waals surface area contributed by atoms with E-state index < -0.39 is 265 Å². The SMILES string of the molecule is CC(=O)O[C@@H]1C[C@]2(C)[C@@]3(CC[C@@H]4[C@@]5(C)CC[C@H](O[C@@H]6O[C@H](C(=O)O)[C@@H](O)[C@H](O[C@@H]7O[C@H](CO)[C@H](O)[C@H](O)[C@H]7O[C@@H]7O[C@@H](C)[C@H](O)[C@@H](O)[C@H]7O[C@@H]7O[C@@H](C)[C@H](O)[C@@H](O)[C@H]7O)[C@H]6O[C@@H]6O[C@H](CO)[C@H](O)[C@H](O)[C@H]6O)C(C)(C)[C@@H]5CC[C@]42C)O[C@H](O)[C@]12C3CC(C)(C)[C@@H](OC(=O)c1ccccc1)[C@@H]2OC(=O)/C=C/c1ccccc1. The van der Waals surface area contributed by atoms with Crippen molar-refractivity contribution in [1.82, 2.24) is 0 Å². The minimum absolute atomic E-state index is 0.110. The van der Waals surface area contributed by atoms with Gasteiger partial charge in [-0.2, -0.15) is 0 Å². The fourth-order valence-corrected chi connectivity index (χ4v) is 21.9. The molecule has 2 bridgehead atoms. The first-order valence-corrected chi connectivity index (χ1v) is 38.5. The van der Waals surface area contributed by atoms with Gasteiger partial charge in [0.2, 0.25) is 0 Å². The van der Waals surface area contributed by atoms with E-state index in [9.17, 15) is 95.8 Å². The largest absolute Gasteiger partial charge is 0.479 e. The number of carbonyl (C=O) groups excluding carboxylic acids is 3. The van der Waals surface area contributed by atoms with Crippen molar-refractivity contribution < 1.29 is 162 Å². The van der Waals surface area contributed by atoms with Gasteiger partial charge >= 0.3 is 23.9 Å². The quantitative estimate of drug-likeness (QED) is 0.0368. The lowest BCUT2D eigenvalue weighted by atomic mass is 9.30. The summed E-state index contributed by atoms with van der Waals surface area (Å²) in [5.41, 5.74) is -6.16. The van der Waals surface area contributed by atoms with E-state index in [1.165, 1.54) is 26.8 Å². The summed E-state index contributed by atoms with van der Waals surface area (Å²) < 4.78 is 89.3. The second-order valence-electron chi connectivity index (χ2n) is 34.6. The van der Waals surface area contributed by atoms with Crippen molar-refractivity contribution in [3.8, 4) is 0 Å². The van der Waals surface area contributed by atoms with E-state index in [-0.39, 0.29) is 36.7 Å². The molecule has 1 unspecified atom stereocenters. The Morgan fingerprint density at radius 3 is 1.64 bits per heavy atom. The summed E-state index contributed by atoms with van der Waals surface area (Å²) in [5, 5.41) is 170. The zero-order valence-electron chi connectivity index (χ0n) is 63.6. The van der Waals surface area contributed by atoms with Crippen LogP contribution in [0.2, 0.25) is 0 Å². The predicted molar refractivity (Wildman–Crippen MR) is 375 cm³/mol. The van der Waals surface area contributed by atoms with Gasteiger partial charge in [0.15, 0.2) is 49.9 Å². The molecule has 111 heavy (non-hydrogen) atoms. The Kier molecular flexibility index (Phi) is 23.8. The van der Waals surface area contributed by atoms with Crippen LogP contribution >= 0.6 is 0 Å². The third-order valence-corrected chi connectivity index (χ3v) is 27.8. The second-order valence-corrected chi connectivity index (χ2v) is 34.6. The van der Waals surface area contributed by atoms with Crippen molar-refractivity contribution in [3.05, 3.63) is 77.9 Å². The van der Waals surface area contributed by atoms with E-state index in [0.29, 0.717) is 37.7 Å². The highest BCUT2D eigenvalue weighted by Crippen LogP contribution is 2.82. The molecule has 11 aliphatic rings. The van der Waals surface area contributed by atoms with E-state index in [1.54, 1.807) is 48.5 Å². The minimum Gasteiger partial charge on any atom is -0.479 e. The number of carboxylic acids is 1. The molecule has 11 fully saturated rings. The van der Waals surface area contributed by atoms with Crippen molar-refractivity contribution in [3.63, 3.8) is 0 Å². The van der Waals surface area contributed by atoms with Gasteiger partial charge in [-0.25, -0.2) is 14.4 Å². The van der Waals surface area contributed by atoms with Crippen molar-refractivity contribution in [2.45, 2.75) is 310 Å². The van der Waals surface area contributed by atoms with Crippen LogP contribution < -0.4 is 0 Å². The average molecular weight is 1580 g/mol. The third-order valence-electron chi connectivity index (χ3n) is 27.8. The maximum atomic E-state index is 14.6. The van der Waals surface area contributed by atoms with Gasteiger partial charge in [-0.15, -0.1) is 0 Å². The maximum absolute atomic E-state index is 14.6. The number of ether oxygens (including phenoxy) is 14. The first-order valence-electron chi connectivity index (χ1n) is 38.5. The van der Waals surface area contributed by atoms with E-state index in [4.69, 9.17) is 66.3 Å². The molecule has 0 radical (unpaired) electrons. The van der Waals surface area contributed by atoms with Crippen LogP contribution in [0.3, 0.4) is 0 Å². The number of esters is 3. The summed E-state index contributed by atoms with van der Waals surface area (Å²) in [4.78, 5) is 56.4. The zero-order chi connectivity index (χ0) is 80.5. The molecule has 2 aromatic carbocycles. The highest BCUT2D eigenvalue weighted by atomic mass is 16.8. The van der Waals surface area contributed by atoms with Crippen LogP contribution in [-0.2, 0) is 80.7 Å². The van der Waals surface area contributed by atoms with E-state index in [0.717, 1.165) is 0 Å². The first-order chi connectivity index (χ1) is 52.3. The molecule has 2 aromatic rings. The summed E-state index contributed by atoms with van der Waals surface area (Å²) >= 11 is 0. The van der Waals surface area contributed by atoms with Crippen LogP contribution in [0.1, 0.15) is 137 Å². The van der Waals surface area contributed by atoms with Gasteiger partial charge in [0, 0.05) is 29.7 Å². The number of aliphatic carboxylic acids is 1. The van der Waals surface area contributed by atoms with Crippen LogP contribution in [0.15, 0.2) is 66.7 Å². The van der Waals surface area contributed by atoms with E-state index in [2.05, 4.69) is 20.8 Å². The zero-order valence-corrected chi connectivity index (χ0v) is 63.6. The van der Waals surface area contributed by atoms with Crippen LogP contribution in [0.25, 0.3) is 6.08 Å². The monoisotopic (exact) mass is 1570 g/mol. The Hall–Kier alpha value is -4.94. The third kappa shape index (κ3) is 14.1. The standard InChI is InChI=1S/C78H110O33/c1-33-46(83)50(87)54(91)66(98-33)107-59-52(89)47(84)34(2)99-68(59)108-60-53(90)49(86)39(32-80)102-69(60)105-57-56(93)58(64(94)95)106-70(61(57)109-67-55(92)51(88)48(85)38(31-79)101-67)103-43-25-26-74(8)40(73(43,6)7)23-27-75(9)41(74)24-28-77-42-29-72(4,5)62(110-65(96)37-19-15-12-16-20-37)63(104-45(82)22-21-36-17-13-11-14-18-36)78(42,71(97)111-77)44(100-35(3)81)30-76(75,77)10/h11-22,33-34,38-44,46-63,66-71,79-80,83-93,97H,23-32H2,1-10H3,(H,94,95)/b22-21+/t33-,34-,38+,39+,40-,41+,42?,43-,44+,46-,47-,48-,49-,50+,51-,52+,53-,54+,55+,56-,57-,58-,59+,60+,61+,62-,63-,66-,67-,68-,69-,70+,71-,74-,75+,76-,77-,78+/m0/s1. The molecule has 5 saturated carbocycles.